The van der Waals surface area contributed by atoms with Crippen molar-refractivity contribution in [2.45, 2.75) is 32.6 Å². The number of carboxylic acids is 1. The summed E-state index contributed by atoms with van der Waals surface area (Å²) in [4.78, 5) is 35.0. The maximum Gasteiger partial charge on any atom is 0.407 e. The summed E-state index contributed by atoms with van der Waals surface area (Å²) in [5, 5.41) is 14.1. The van der Waals surface area contributed by atoms with Crippen molar-refractivity contribution in [3.8, 4) is 11.1 Å². The monoisotopic (exact) mass is 468 g/mol. The van der Waals surface area contributed by atoms with Gasteiger partial charge in [0.05, 0.1) is 19.6 Å². The van der Waals surface area contributed by atoms with Gasteiger partial charge in [-0.15, -0.1) is 0 Å². The summed E-state index contributed by atoms with van der Waals surface area (Å²) in [7, 11) is 0. The molecule has 0 heterocycles. The number of hydrogen-bond donors (Lipinski definition) is 3. The first-order chi connectivity index (χ1) is 16.3. The maximum atomic E-state index is 12.4. The lowest BCUT2D eigenvalue weighted by atomic mass is 9.89. The van der Waals surface area contributed by atoms with Gasteiger partial charge < -0.3 is 25.2 Å². The molecule has 2 aromatic rings. The molecule has 0 spiro atoms. The number of carbonyl (C=O) groups excluding carboxylic acids is 2. The zero-order valence-electron chi connectivity index (χ0n) is 19.6. The number of amides is 2. The van der Waals surface area contributed by atoms with E-state index in [0.717, 1.165) is 11.1 Å². The Kier molecular flexibility index (Phi) is 8.65. The van der Waals surface area contributed by atoms with Crippen molar-refractivity contribution in [3.05, 3.63) is 59.7 Å². The zero-order valence-corrected chi connectivity index (χ0v) is 19.6. The smallest absolute Gasteiger partial charge is 0.407 e. The van der Waals surface area contributed by atoms with Crippen LogP contribution in [0.15, 0.2) is 48.5 Å². The zero-order chi connectivity index (χ0) is 24.6. The number of ether oxygens (including phenoxy) is 2. The standard InChI is InChI=1S/C26H32N2O6/c1-26(2,15-23(29)27-12-14-33-13-11-24(30)31)17-28-25(32)34-16-22-20-9-5-3-7-18(20)19-8-4-6-10-21(19)22/h3-10,22H,11-17H2,1-2H3,(H,27,29)(H,28,32)(H,30,31). The molecule has 3 rings (SSSR count). The van der Waals surface area contributed by atoms with Gasteiger partial charge in [0.25, 0.3) is 0 Å². The highest BCUT2D eigenvalue weighted by Gasteiger charge is 2.29. The summed E-state index contributed by atoms with van der Waals surface area (Å²) in [6.07, 6.45) is -0.365. The van der Waals surface area contributed by atoms with Crippen molar-refractivity contribution < 1.29 is 29.0 Å². The number of aliphatic carboxylic acids is 1. The van der Waals surface area contributed by atoms with E-state index in [1.54, 1.807) is 0 Å². The van der Waals surface area contributed by atoms with E-state index >= 15 is 0 Å². The van der Waals surface area contributed by atoms with Crippen molar-refractivity contribution in [1.29, 1.82) is 0 Å². The number of benzene rings is 2. The van der Waals surface area contributed by atoms with Crippen LogP contribution >= 0.6 is 0 Å². The number of rotatable bonds is 12. The summed E-state index contributed by atoms with van der Waals surface area (Å²) in [5.41, 5.74) is 4.18. The predicted octanol–water partition coefficient (Wildman–Crippen LogP) is 3.55. The molecule has 182 valence electrons. The molecule has 8 heteroatoms. The Morgan fingerprint density at radius 2 is 1.56 bits per heavy atom. The third-order valence-electron chi connectivity index (χ3n) is 5.72. The molecular weight excluding hydrogens is 436 g/mol. The second-order valence-corrected chi connectivity index (χ2v) is 9.13. The minimum absolute atomic E-state index is 0.00495. The summed E-state index contributed by atoms with van der Waals surface area (Å²) >= 11 is 0. The van der Waals surface area contributed by atoms with Crippen LogP contribution in [0, 0.1) is 5.41 Å². The van der Waals surface area contributed by atoms with E-state index in [-0.39, 0.29) is 51.0 Å². The van der Waals surface area contributed by atoms with E-state index in [2.05, 4.69) is 34.9 Å². The number of fused-ring (bicyclic) bond motifs is 3. The van der Waals surface area contributed by atoms with E-state index in [9.17, 15) is 14.4 Å². The highest BCUT2D eigenvalue weighted by Crippen LogP contribution is 2.44. The Morgan fingerprint density at radius 3 is 2.18 bits per heavy atom. The van der Waals surface area contributed by atoms with Gasteiger partial charge in [-0.25, -0.2) is 4.79 Å². The molecule has 0 bridgehead atoms. The molecule has 3 N–H and O–H groups in total. The molecule has 0 aromatic heterocycles. The van der Waals surface area contributed by atoms with Crippen LogP contribution in [-0.4, -0.2) is 56.0 Å². The molecule has 1 aliphatic rings. The maximum absolute atomic E-state index is 12.4. The highest BCUT2D eigenvalue weighted by molar-refractivity contribution is 5.79. The van der Waals surface area contributed by atoms with Crippen LogP contribution in [0.25, 0.3) is 11.1 Å². The van der Waals surface area contributed by atoms with Crippen LogP contribution in [0.2, 0.25) is 0 Å². The van der Waals surface area contributed by atoms with Gasteiger partial charge in [-0.1, -0.05) is 62.4 Å². The molecule has 2 amide bonds. The van der Waals surface area contributed by atoms with Gasteiger partial charge in [-0.3, -0.25) is 9.59 Å². The topological polar surface area (TPSA) is 114 Å². The van der Waals surface area contributed by atoms with Crippen molar-refractivity contribution >= 4 is 18.0 Å². The van der Waals surface area contributed by atoms with Crippen LogP contribution in [0.5, 0.6) is 0 Å². The van der Waals surface area contributed by atoms with Gasteiger partial charge in [0.1, 0.15) is 6.61 Å². The number of hydrogen-bond acceptors (Lipinski definition) is 5. The quantitative estimate of drug-likeness (QED) is 0.411. The lowest BCUT2D eigenvalue weighted by Gasteiger charge is -2.24. The average molecular weight is 469 g/mol. The van der Waals surface area contributed by atoms with Crippen LogP contribution in [0.3, 0.4) is 0 Å². The van der Waals surface area contributed by atoms with Crippen LogP contribution < -0.4 is 10.6 Å². The summed E-state index contributed by atoms with van der Waals surface area (Å²) in [6.45, 7) is 4.96. The molecule has 0 unspecified atom stereocenters. The summed E-state index contributed by atoms with van der Waals surface area (Å²) in [6, 6.07) is 16.3. The Morgan fingerprint density at radius 1 is 0.941 bits per heavy atom. The minimum atomic E-state index is -0.922. The third kappa shape index (κ3) is 7.05. The molecular formula is C26H32N2O6. The normalized spacial score (nSPS) is 12.5. The molecule has 0 radical (unpaired) electrons. The molecule has 0 saturated carbocycles. The van der Waals surface area contributed by atoms with E-state index in [1.807, 2.05) is 38.1 Å². The molecule has 0 aliphatic heterocycles. The number of carbonyl (C=O) groups is 3. The van der Waals surface area contributed by atoms with Gasteiger partial charge >= 0.3 is 12.1 Å². The fourth-order valence-electron chi connectivity index (χ4n) is 4.04. The average Bonchev–Trinajstić information content (AvgIpc) is 3.12. The van der Waals surface area contributed by atoms with E-state index in [1.165, 1.54) is 11.1 Å². The lowest BCUT2D eigenvalue weighted by Crippen LogP contribution is -2.39. The van der Waals surface area contributed by atoms with Crippen molar-refractivity contribution in [1.82, 2.24) is 10.6 Å². The number of alkyl carbamates (subject to hydrolysis) is 1. The minimum Gasteiger partial charge on any atom is -0.481 e. The fraction of sp³-hybridized carbons (Fsp3) is 0.423. The Bertz CT molecular complexity index is 974. The lowest BCUT2D eigenvalue weighted by molar-refractivity contribution is -0.138. The number of nitrogens with one attached hydrogen (secondary N) is 2. The largest absolute Gasteiger partial charge is 0.481 e. The second-order valence-electron chi connectivity index (χ2n) is 9.13. The first-order valence-corrected chi connectivity index (χ1v) is 11.4. The molecule has 0 fully saturated rings. The van der Waals surface area contributed by atoms with Gasteiger partial charge in [-0.05, 0) is 27.7 Å². The second kappa shape index (κ2) is 11.7. The Labute approximate surface area is 199 Å². The predicted molar refractivity (Wildman–Crippen MR) is 128 cm³/mol. The van der Waals surface area contributed by atoms with Gasteiger partial charge in [0.2, 0.25) is 5.91 Å². The van der Waals surface area contributed by atoms with Gasteiger partial charge in [-0.2, -0.15) is 0 Å². The summed E-state index contributed by atoms with van der Waals surface area (Å²) < 4.78 is 10.7. The molecule has 1 aliphatic carbocycles. The third-order valence-corrected chi connectivity index (χ3v) is 5.72. The Balaban J connectivity index is 1.40. The molecule has 0 atom stereocenters. The van der Waals surface area contributed by atoms with Gasteiger partial charge in [0.15, 0.2) is 0 Å². The Hall–Kier alpha value is -3.39. The van der Waals surface area contributed by atoms with Crippen molar-refractivity contribution in [3.63, 3.8) is 0 Å². The molecule has 8 nitrogen and oxygen atoms in total. The highest BCUT2D eigenvalue weighted by atomic mass is 16.5. The van der Waals surface area contributed by atoms with Crippen LogP contribution in [0.4, 0.5) is 4.79 Å². The number of carboxylic acid groups (broad SMARTS) is 1. The SMILES string of the molecule is CC(C)(CNC(=O)OCC1c2ccccc2-c2ccccc21)CC(=O)NCCOCCC(=O)O. The molecule has 0 saturated heterocycles. The van der Waals surface area contributed by atoms with Crippen molar-refractivity contribution in [2.24, 2.45) is 5.41 Å². The first-order valence-electron chi connectivity index (χ1n) is 11.4. The van der Waals surface area contributed by atoms with Crippen LogP contribution in [0.1, 0.15) is 43.7 Å². The molecule has 34 heavy (non-hydrogen) atoms. The van der Waals surface area contributed by atoms with Crippen LogP contribution in [-0.2, 0) is 19.1 Å². The van der Waals surface area contributed by atoms with Crippen molar-refractivity contribution in [2.75, 3.05) is 32.9 Å². The summed E-state index contributed by atoms with van der Waals surface area (Å²) in [5.74, 6) is -1.09. The van der Waals surface area contributed by atoms with E-state index in [0.29, 0.717) is 6.54 Å². The van der Waals surface area contributed by atoms with E-state index < -0.39 is 17.5 Å². The molecule has 2 aromatic carbocycles. The van der Waals surface area contributed by atoms with E-state index in [4.69, 9.17) is 14.6 Å². The fourth-order valence-corrected chi connectivity index (χ4v) is 4.04. The van der Waals surface area contributed by atoms with Gasteiger partial charge in [0, 0.05) is 25.4 Å². The first kappa shape index (κ1) is 25.2.